The first-order chi connectivity index (χ1) is 10.6. The van der Waals surface area contributed by atoms with E-state index in [1.165, 1.54) is 52.7 Å². The molecule has 3 aromatic rings. The number of rotatable bonds is 2. The minimum atomic E-state index is -0.211. The fraction of sp³-hybridized carbons (Fsp3) is 0.316. The zero-order valence-corrected chi connectivity index (χ0v) is 14.4. The van der Waals surface area contributed by atoms with Crippen molar-refractivity contribution < 1.29 is 4.39 Å². The third-order valence-electron chi connectivity index (χ3n) is 4.79. The number of hydrogen-bond donors (Lipinski definition) is 0. The molecule has 120 valence electrons. The van der Waals surface area contributed by atoms with Crippen LogP contribution in [0.2, 0.25) is 0 Å². The van der Waals surface area contributed by atoms with Crippen LogP contribution < -0.4 is 0 Å². The summed E-state index contributed by atoms with van der Waals surface area (Å²) >= 11 is 0. The van der Waals surface area contributed by atoms with Gasteiger partial charge in [-0.15, -0.1) is 12.4 Å². The molecular weight excluding hydrogens is 311 g/mol. The second-order valence-electron chi connectivity index (χ2n) is 6.33. The lowest BCUT2D eigenvalue weighted by atomic mass is 10.0. The van der Waals surface area contributed by atoms with Gasteiger partial charge in [0.15, 0.2) is 0 Å². The first-order valence-electron chi connectivity index (χ1n) is 7.80. The molecule has 2 nitrogen and oxygen atoms in total. The Balaban J connectivity index is 0.00000156. The molecule has 0 unspecified atom stereocenters. The summed E-state index contributed by atoms with van der Waals surface area (Å²) in [5.41, 5.74) is 7.03. The molecule has 0 atom stereocenters. The molecule has 0 radical (unpaired) electrons. The molecule has 23 heavy (non-hydrogen) atoms. The number of aryl methyl sites for hydroxylation is 2. The van der Waals surface area contributed by atoms with Crippen LogP contribution in [0, 0.1) is 26.6 Å². The van der Waals surface area contributed by atoms with Crippen molar-refractivity contribution in [1.29, 1.82) is 0 Å². The van der Waals surface area contributed by atoms with Gasteiger partial charge in [-0.1, -0.05) is 0 Å². The number of hydrogen-bond acceptors (Lipinski definition) is 1. The highest BCUT2D eigenvalue weighted by Crippen LogP contribution is 2.43. The zero-order chi connectivity index (χ0) is 15.4. The second-order valence-corrected chi connectivity index (χ2v) is 6.33. The van der Waals surface area contributed by atoms with E-state index in [1.54, 1.807) is 0 Å². The Bertz CT molecular complexity index is 877. The number of halogens is 2. The predicted octanol–water partition coefficient (Wildman–Crippen LogP) is 5.52. The zero-order valence-electron chi connectivity index (χ0n) is 13.6. The maximum Gasteiger partial charge on any atom is 0.123 e. The van der Waals surface area contributed by atoms with Gasteiger partial charge in [0.2, 0.25) is 0 Å². The van der Waals surface area contributed by atoms with Crippen molar-refractivity contribution in [3.05, 3.63) is 53.1 Å². The predicted molar refractivity (Wildman–Crippen MR) is 94.9 cm³/mol. The Morgan fingerprint density at radius 1 is 1.09 bits per heavy atom. The van der Waals surface area contributed by atoms with E-state index in [0.717, 1.165) is 11.3 Å². The van der Waals surface area contributed by atoms with E-state index in [9.17, 15) is 4.39 Å². The number of pyridine rings is 1. The molecule has 0 aliphatic heterocycles. The number of aromatic nitrogens is 2. The van der Waals surface area contributed by atoms with E-state index in [0.29, 0.717) is 6.04 Å². The minimum Gasteiger partial charge on any atom is -0.340 e. The summed E-state index contributed by atoms with van der Waals surface area (Å²) in [4.78, 5) is 4.69. The molecule has 1 aliphatic rings. The topological polar surface area (TPSA) is 17.8 Å². The number of benzene rings is 1. The van der Waals surface area contributed by atoms with Gasteiger partial charge in [0.25, 0.3) is 0 Å². The molecule has 1 saturated carbocycles. The standard InChI is InChI=1S/C19H19FN2.ClH/c1-11-10-21-18(14-4-6-15(20)7-5-14)19-17(11)12(2)13(3)22(19)16-8-9-16;/h4-7,10,16H,8-9H2,1-3H3;1H. The quantitative estimate of drug-likeness (QED) is 0.604. The molecule has 0 saturated heterocycles. The summed E-state index contributed by atoms with van der Waals surface area (Å²) in [5, 5.41) is 1.30. The first-order valence-corrected chi connectivity index (χ1v) is 7.80. The van der Waals surface area contributed by atoms with Crippen molar-refractivity contribution in [1.82, 2.24) is 9.55 Å². The van der Waals surface area contributed by atoms with Gasteiger partial charge in [0.1, 0.15) is 5.82 Å². The van der Waals surface area contributed by atoms with Crippen LogP contribution in [0.4, 0.5) is 4.39 Å². The molecule has 0 amide bonds. The van der Waals surface area contributed by atoms with Gasteiger partial charge in [0, 0.05) is 28.9 Å². The van der Waals surface area contributed by atoms with Gasteiger partial charge < -0.3 is 4.57 Å². The lowest BCUT2D eigenvalue weighted by molar-refractivity contribution is 0.628. The van der Waals surface area contributed by atoms with E-state index < -0.39 is 0 Å². The molecule has 2 heterocycles. The van der Waals surface area contributed by atoms with Crippen molar-refractivity contribution in [2.24, 2.45) is 0 Å². The van der Waals surface area contributed by atoms with Gasteiger partial charge in [-0.05, 0) is 69.0 Å². The van der Waals surface area contributed by atoms with Gasteiger partial charge in [-0.25, -0.2) is 4.39 Å². The summed E-state index contributed by atoms with van der Waals surface area (Å²) in [6.45, 7) is 6.51. The highest BCUT2D eigenvalue weighted by atomic mass is 35.5. The highest BCUT2D eigenvalue weighted by Gasteiger charge is 2.29. The van der Waals surface area contributed by atoms with Crippen LogP contribution in [-0.4, -0.2) is 9.55 Å². The van der Waals surface area contributed by atoms with Crippen LogP contribution in [0.5, 0.6) is 0 Å². The van der Waals surface area contributed by atoms with Gasteiger partial charge >= 0.3 is 0 Å². The summed E-state index contributed by atoms with van der Waals surface area (Å²) in [6.07, 6.45) is 4.41. The number of fused-ring (bicyclic) bond motifs is 1. The minimum absolute atomic E-state index is 0. The SMILES string of the molecule is Cc1cnc(-c2ccc(F)cc2)c2c1c(C)c(C)n2C1CC1.Cl. The van der Waals surface area contributed by atoms with Gasteiger partial charge in [0.05, 0.1) is 11.2 Å². The second kappa shape index (κ2) is 5.64. The Morgan fingerprint density at radius 3 is 2.35 bits per heavy atom. The normalized spacial score (nSPS) is 14.1. The average molecular weight is 331 g/mol. The Morgan fingerprint density at radius 2 is 1.74 bits per heavy atom. The lowest BCUT2D eigenvalue weighted by Gasteiger charge is -2.11. The Labute approximate surface area is 141 Å². The van der Waals surface area contributed by atoms with E-state index in [2.05, 4.69) is 30.3 Å². The van der Waals surface area contributed by atoms with Crippen LogP contribution in [0.3, 0.4) is 0 Å². The van der Waals surface area contributed by atoms with Crippen molar-refractivity contribution >= 4 is 23.3 Å². The van der Waals surface area contributed by atoms with Crippen molar-refractivity contribution in [2.45, 2.75) is 39.7 Å². The fourth-order valence-corrected chi connectivity index (χ4v) is 3.44. The van der Waals surface area contributed by atoms with Crippen LogP contribution in [-0.2, 0) is 0 Å². The molecule has 0 N–H and O–H groups in total. The molecular formula is C19H20ClFN2. The molecule has 2 aromatic heterocycles. The Hall–Kier alpha value is -1.87. The van der Waals surface area contributed by atoms with Crippen LogP contribution in [0.25, 0.3) is 22.2 Å². The molecule has 4 rings (SSSR count). The molecule has 1 aliphatic carbocycles. The van der Waals surface area contributed by atoms with Crippen molar-refractivity contribution in [3.8, 4) is 11.3 Å². The summed E-state index contributed by atoms with van der Waals surface area (Å²) in [7, 11) is 0. The molecule has 1 fully saturated rings. The average Bonchev–Trinajstić information content (AvgIpc) is 3.29. The van der Waals surface area contributed by atoms with Gasteiger partial charge in [-0.2, -0.15) is 0 Å². The monoisotopic (exact) mass is 330 g/mol. The Kier molecular flexibility index (Phi) is 3.93. The molecule has 0 bridgehead atoms. The van der Waals surface area contributed by atoms with Crippen LogP contribution in [0.1, 0.15) is 35.7 Å². The van der Waals surface area contributed by atoms with Crippen LogP contribution >= 0.6 is 12.4 Å². The third kappa shape index (κ3) is 2.43. The fourth-order valence-electron chi connectivity index (χ4n) is 3.44. The molecule has 1 aromatic carbocycles. The summed E-state index contributed by atoms with van der Waals surface area (Å²) in [6, 6.07) is 7.25. The van der Waals surface area contributed by atoms with E-state index in [1.807, 2.05) is 18.3 Å². The van der Waals surface area contributed by atoms with Crippen LogP contribution in [0.15, 0.2) is 30.5 Å². The number of nitrogens with zero attached hydrogens (tertiary/aromatic N) is 2. The van der Waals surface area contributed by atoms with E-state index in [4.69, 9.17) is 0 Å². The maximum absolute atomic E-state index is 13.2. The largest absolute Gasteiger partial charge is 0.340 e. The van der Waals surface area contributed by atoms with Crippen molar-refractivity contribution in [2.75, 3.05) is 0 Å². The lowest BCUT2D eigenvalue weighted by Crippen LogP contribution is -1.99. The maximum atomic E-state index is 13.2. The van der Waals surface area contributed by atoms with Crippen molar-refractivity contribution in [3.63, 3.8) is 0 Å². The first kappa shape index (κ1) is 16.0. The van der Waals surface area contributed by atoms with E-state index >= 15 is 0 Å². The van der Waals surface area contributed by atoms with Gasteiger partial charge in [-0.3, -0.25) is 4.98 Å². The highest BCUT2D eigenvalue weighted by molar-refractivity contribution is 5.97. The summed E-state index contributed by atoms with van der Waals surface area (Å²) in [5.74, 6) is -0.211. The third-order valence-corrected chi connectivity index (χ3v) is 4.79. The smallest absolute Gasteiger partial charge is 0.123 e. The summed E-state index contributed by atoms with van der Waals surface area (Å²) < 4.78 is 15.7. The molecule has 0 spiro atoms. The molecule has 4 heteroatoms. The van der Waals surface area contributed by atoms with E-state index in [-0.39, 0.29) is 18.2 Å².